The molecule has 2 aliphatic carbocycles. The molecule has 2 aliphatic rings. The van der Waals surface area contributed by atoms with E-state index in [9.17, 15) is 4.39 Å². The first kappa shape index (κ1) is 21.3. The van der Waals surface area contributed by atoms with Gasteiger partial charge < -0.3 is 15.5 Å². The second kappa shape index (κ2) is 9.48. The second-order valence-corrected chi connectivity index (χ2v) is 9.13. The largest absolute Gasteiger partial charge is 0.362 e. The zero-order chi connectivity index (χ0) is 21.1. The number of halogens is 2. The lowest BCUT2D eigenvalue weighted by atomic mass is 9.91. The Kier molecular flexibility index (Phi) is 6.74. The van der Waals surface area contributed by atoms with E-state index in [1.54, 1.807) is 12.1 Å². The maximum atomic E-state index is 13.3. The average Bonchev–Trinajstić information content (AvgIpc) is 2.75. The van der Waals surface area contributed by atoms with Crippen molar-refractivity contribution >= 4 is 23.4 Å². The van der Waals surface area contributed by atoms with Crippen molar-refractivity contribution in [2.24, 2.45) is 0 Å². The predicted molar refractivity (Wildman–Crippen MR) is 121 cm³/mol. The monoisotopic (exact) mass is 431 g/mol. The van der Waals surface area contributed by atoms with E-state index in [0.29, 0.717) is 18.6 Å². The summed E-state index contributed by atoms with van der Waals surface area (Å²) in [5, 5.41) is 7.37. The van der Waals surface area contributed by atoms with Gasteiger partial charge in [-0.1, -0.05) is 17.7 Å². The van der Waals surface area contributed by atoms with Crippen LogP contribution < -0.4 is 15.5 Å². The molecule has 2 N–H and O–H groups in total. The summed E-state index contributed by atoms with van der Waals surface area (Å²) in [7, 11) is 4.12. The number of aromatic nitrogens is 2. The van der Waals surface area contributed by atoms with Gasteiger partial charge in [0.25, 0.3) is 0 Å². The van der Waals surface area contributed by atoms with Gasteiger partial charge in [-0.3, -0.25) is 0 Å². The Bertz CT molecular complexity index is 880. The molecule has 1 aromatic carbocycles. The van der Waals surface area contributed by atoms with Crippen LogP contribution in [0.15, 0.2) is 18.2 Å². The molecule has 0 spiro atoms. The number of nitrogens with one attached hydrogen (secondary N) is 2. The molecular weight excluding hydrogens is 401 g/mol. The van der Waals surface area contributed by atoms with Gasteiger partial charge in [0.15, 0.2) is 0 Å². The quantitative estimate of drug-likeness (QED) is 0.692. The van der Waals surface area contributed by atoms with Gasteiger partial charge in [0.1, 0.15) is 11.6 Å². The molecule has 2 aromatic rings. The molecule has 4 rings (SSSR count). The maximum absolute atomic E-state index is 13.3. The number of fused-ring (bicyclic) bond motifs is 1. The van der Waals surface area contributed by atoms with Gasteiger partial charge in [0.05, 0.1) is 10.7 Å². The van der Waals surface area contributed by atoms with Gasteiger partial charge in [0, 0.05) is 38.3 Å². The molecule has 7 heteroatoms. The molecule has 162 valence electrons. The molecule has 1 heterocycles. The lowest BCUT2D eigenvalue weighted by Crippen LogP contribution is -2.37. The van der Waals surface area contributed by atoms with E-state index >= 15 is 0 Å². The Morgan fingerprint density at radius 2 is 1.80 bits per heavy atom. The summed E-state index contributed by atoms with van der Waals surface area (Å²) in [6.07, 6.45) is 8.93. The highest BCUT2D eigenvalue weighted by Gasteiger charge is 2.24. The van der Waals surface area contributed by atoms with Crippen LogP contribution in [0.4, 0.5) is 16.2 Å². The molecule has 30 heavy (non-hydrogen) atoms. The highest BCUT2D eigenvalue weighted by molar-refractivity contribution is 6.30. The number of anilines is 2. The van der Waals surface area contributed by atoms with Crippen molar-refractivity contribution < 1.29 is 4.39 Å². The summed E-state index contributed by atoms with van der Waals surface area (Å²) in [5.74, 6) is 1.47. The molecular formula is C23H31ClFN5. The van der Waals surface area contributed by atoms with Crippen molar-refractivity contribution in [3.8, 4) is 0 Å². The minimum Gasteiger partial charge on any atom is -0.362 e. The van der Waals surface area contributed by atoms with Crippen LogP contribution in [-0.4, -0.2) is 36.1 Å². The fourth-order valence-electron chi connectivity index (χ4n) is 4.54. The average molecular weight is 432 g/mol. The number of aryl methyl sites for hydroxylation is 1. The van der Waals surface area contributed by atoms with Crippen molar-refractivity contribution in [2.45, 2.75) is 70.0 Å². The molecule has 0 radical (unpaired) electrons. The van der Waals surface area contributed by atoms with Crippen molar-refractivity contribution in [1.29, 1.82) is 0 Å². The molecule has 1 saturated carbocycles. The first-order chi connectivity index (χ1) is 14.5. The van der Waals surface area contributed by atoms with Gasteiger partial charge >= 0.3 is 0 Å². The van der Waals surface area contributed by atoms with Crippen LogP contribution in [0.25, 0.3) is 0 Å². The third-order valence-corrected chi connectivity index (χ3v) is 6.51. The van der Waals surface area contributed by atoms with E-state index in [4.69, 9.17) is 21.6 Å². The Morgan fingerprint density at radius 3 is 2.53 bits per heavy atom. The normalized spacial score (nSPS) is 21.2. The van der Waals surface area contributed by atoms with Crippen LogP contribution in [0, 0.1) is 5.82 Å². The summed E-state index contributed by atoms with van der Waals surface area (Å²) in [5.41, 5.74) is 3.56. The molecule has 0 saturated heterocycles. The van der Waals surface area contributed by atoms with Crippen LogP contribution in [-0.2, 0) is 19.4 Å². The van der Waals surface area contributed by atoms with Crippen LogP contribution >= 0.6 is 11.6 Å². The number of hydrogen-bond donors (Lipinski definition) is 2. The smallest absolute Gasteiger partial charge is 0.225 e. The lowest BCUT2D eigenvalue weighted by Gasteiger charge is -2.30. The SMILES string of the molecule is CN(C)c1nc(NC2CCC(NCc3ccc(F)c(Cl)c3)CC2)nc2c1CCCC2. The Balaban J connectivity index is 1.31. The first-order valence-corrected chi connectivity index (χ1v) is 11.4. The zero-order valence-corrected chi connectivity index (χ0v) is 18.6. The molecule has 0 amide bonds. The topological polar surface area (TPSA) is 53.1 Å². The highest BCUT2D eigenvalue weighted by Crippen LogP contribution is 2.29. The maximum Gasteiger partial charge on any atom is 0.225 e. The lowest BCUT2D eigenvalue weighted by molar-refractivity contribution is 0.352. The van der Waals surface area contributed by atoms with Crippen molar-refractivity contribution in [3.05, 3.63) is 45.9 Å². The summed E-state index contributed by atoms with van der Waals surface area (Å²) < 4.78 is 13.3. The Hall–Kier alpha value is -1.92. The molecule has 0 bridgehead atoms. The summed E-state index contributed by atoms with van der Waals surface area (Å²) >= 11 is 5.88. The van der Waals surface area contributed by atoms with Gasteiger partial charge in [-0.15, -0.1) is 0 Å². The zero-order valence-electron chi connectivity index (χ0n) is 17.8. The third kappa shape index (κ3) is 5.03. The van der Waals surface area contributed by atoms with Crippen molar-refractivity contribution in [2.75, 3.05) is 24.3 Å². The van der Waals surface area contributed by atoms with Gasteiger partial charge in [-0.25, -0.2) is 9.37 Å². The fraction of sp³-hybridized carbons (Fsp3) is 0.565. The van der Waals surface area contributed by atoms with Gasteiger partial charge in [0.2, 0.25) is 5.95 Å². The third-order valence-electron chi connectivity index (χ3n) is 6.22. The number of nitrogens with zero attached hydrogens (tertiary/aromatic N) is 3. The van der Waals surface area contributed by atoms with E-state index < -0.39 is 0 Å². The van der Waals surface area contributed by atoms with Crippen LogP contribution in [0.5, 0.6) is 0 Å². The second-order valence-electron chi connectivity index (χ2n) is 8.72. The van der Waals surface area contributed by atoms with Crippen LogP contribution in [0.1, 0.15) is 55.3 Å². The van der Waals surface area contributed by atoms with Gasteiger partial charge in [-0.05, 0) is 69.1 Å². The Morgan fingerprint density at radius 1 is 1.07 bits per heavy atom. The highest BCUT2D eigenvalue weighted by atomic mass is 35.5. The van der Waals surface area contributed by atoms with Crippen molar-refractivity contribution in [1.82, 2.24) is 15.3 Å². The first-order valence-electron chi connectivity index (χ1n) is 11.0. The van der Waals surface area contributed by atoms with Crippen LogP contribution in [0.2, 0.25) is 5.02 Å². The summed E-state index contributed by atoms with van der Waals surface area (Å²) in [4.78, 5) is 11.8. The molecule has 1 fully saturated rings. The molecule has 0 aliphatic heterocycles. The summed E-state index contributed by atoms with van der Waals surface area (Å²) in [6, 6.07) is 5.79. The number of benzene rings is 1. The summed E-state index contributed by atoms with van der Waals surface area (Å²) in [6.45, 7) is 0.711. The molecule has 0 unspecified atom stereocenters. The molecule has 1 aromatic heterocycles. The van der Waals surface area contributed by atoms with Gasteiger partial charge in [-0.2, -0.15) is 4.98 Å². The van der Waals surface area contributed by atoms with E-state index in [1.165, 1.54) is 30.2 Å². The number of hydrogen-bond acceptors (Lipinski definition) is 5. The van der Waals surface area contributed by atoms with E-state index in [-0.39, 0.29) is 10.8 Å². The van der Waals surface area contributed by atoms with Crippen LogP contribution in [0.3, 0.4) is 0 Å². The standard InChI is InChI=1S/C23H31ClFN5/c1-30(2)22-18-5-3-4-6-21(18)28-23(29-22)27-17-10-8-16(9-11-17)26-14-15-7-12-20(25)19(24)13-15/h7,12-13,16-17,26H,3-6,8-11,14H2,1-2H3,(H,27,28,29). The van der Waals surface area contributed by atoms with Crippen molar-refractivity contribution in [3.63, 3.8) is 0 Å². The number of rotatable bonds is 6. The predicted octanol–water partition coefficient (Wildman–Crippen LogP) is 4.73. The van der Waals surface area contributed by atoms with E-state index in [0.717, 1.165) is 55.9 Å². The molecule has 5 nitrogen and oxygen atoms in total. The minimum absolute atomic E-state index is 0.185. The van der Waals surface area contributed by atoms with E-state index in [2.05, 4.69) is 29.6 Å². The van der Waals surface area contributed by atoms with E-state index in [1.807, 2.05) is 0 Å². The Labute approximate surface area is 183 Å². The molecule has 0 atom stereocenters. The fourth-order valence-corrected chi connectivity index (χ4v) is 4.75. The minimum atomic E-state index is -0.367.